The Kier molecular flexibility index (Phi) is 11.2. The minimum atomic E-state index is -4.01. The largest absolute Gasteiger partial charge is 0.471 e. The van der Waals surface area contributed by atoms with Gasteiger partial charge in [-0.15, -0.1) is 12.3 Å². The van der Waals surface area contributed by atoms with Gasteiger partial charge in [-0.3, -0.25) is 23.0 Å². The van der Waals surface area contributed by atoms with Crippen LogP contribution in [0, 0.1) is 12.3 Å². The summed E-state index contributed by atoms with van der Waals surface area (Å²) in [6.07, 6.45) is 6.46. The molecule has 0 aromatic carbocycles. The Bertz CT molecular complexity index is 408. The molecule has 11 heteroatoms. The van der Waals surface area contributed by atoms with Crippen molar-refractivity contribution in [2.24, 2.45) is 0 Å². The van der Waals surface area contributed by atoms with Gasteiger partial charge in [-0.2, -0.15) is 0 Å². The van der Waals surface area contributed by atoms with E-state index in [-0.39, 0.29) is 13.2 Å². The van der Waals surface area contributed by atoms with Crippen LogP contribution in [0.15, 0.2) is 0 Å². The molecular formula is C11H23NO8P2. The SMILES string of the molecule is C#CCCCN(CCOP(=O)(O)OC)CCOP(=O)(O)OC. The fourth-order valence-corrected chi connectivity index (χ4v) is 2.25. The van der Waals surface area contributed by atoms with Crippen LogP contribution in [0.1, 0.15) is 12.8 Å². The van der Waals surface area contributed by atoms with Crippen LogP contribution in [0.5, 0.6) is 0 Å². The summed E-state index contributed by atoms with van der Waals surface area (Å²) in [5, 5.41) is 0. The highest BCUT2D eigenvalue weighted by molar-refractivity contribution is 7.47. The van der Waals surface area contributed by atoms with E-state index in [4.69, 9.17) is 25.3 Å². The number of phosphoric ester groups is 2. The van der Waals surface area contributed by atoms with Crippen LogP contribution in [0.3, 0.4) is 0 Å². The fraction of sp³-hybridized carbons (Fsp3) is 0.818. The molecule has 9 nitrogen and oxygen atoms in total. The lowest BCUT2D eigenvalue weighted by Gasteiger charge is -2.22. The van der Waals surface area contributed by atoms with Crippen molar-refractivity contribution in [3.63, 3.8) is 0 Å². The smallest absolute Gasteiger partial charge is 0.303 e. The van der Waals surface area contributed by atoms with E-state index < -0.39 is 15.6 Å². The summed E-state index contributed by atoms with van der Waals surface area (Å²) in [6, 6.07) is 0. The van der Waals surface area contributed by atoms with Crippen LogP contribution >= 0.6 is 15.6 Å². The van der Waals surface area contributed by atoms with Crippen molar-refractivity contribution in [1.29, 1.82) is 0 Å². The van der Waals surface area contributed by atoms with E-state index >= 15 is 0 Å². The molecule has 2 unspecified atom stereocenters. The van der Waals surface area contributed by atoms with Crippen LogP contribution in [-0.4, -0.2) is 61.8 Å². The third-order valence-corrected chi connectivity index (χ3v) is 4.52. The first-order valence-corrected chi connectivity index (χ1v) is 9.47. The van der Waals surface area contributed by atoms with Crippen molar-refractivity contribution in [2.45, 2.75) is 12.8 Å². The predicted molar refractivity (Wildman–Crippen MR) is 80.1 cm³/mol. The average molecular weight is 359 g/mol. The van der Waals surface area contributed by atoms with Gasteiger partial charge in [0.1, 0.15) is 0 Å². The number of hydrogen-bond acceptors (Lipinski definition) is 7. The summed E-state index contributed by atoms with van der Waals surface area (Å²) in [4.78, 5) is 20.1. The molecule has 0 radical (unpaired) electrons. The standard InChI is InChI=1S/C11H23NO8P2/c1-4-5-6-7-12(8-10-19-21(13,14)17-2)9-11-20-22(15,16)18-3/h1H,5-11H2,2-3H3,(H,13,14)(H,15,16). The van der Waals surface area contributed by atoms with Gasteiger partial charge in [0.15, 0.2) is 0 Å². The zero-order valence-electron chi connectivity index (χ0n) is 12.7. The number of phosphoric acid groups is 2. The van der Waals surface area contributed by atoms with E-state index in [2.05, 4.69) is 15.0 Å². The van der Waals surface area contributed by atoms with Crippen LogP contribution in [0.4, 0.5) is 0 Å². The molecule has 2 N–H and O–H groups in total. The summed E-state index contributed by atoms with van der Waals surface area (Å²) >= 11 is 0. The van der Waals surface area contributed by atoms with Crippen molar-refractivity contribution in [2.75, 3.05) is 47.1 Å². The van der Waals surface area contributed by atoms with Gasteiger partial charge in [-0.1, -0.05) is 0 Å². The summed E-state index contributed by atoms with van der Waals surface area (Å²) < 4.78 is 40.4. The topological polar surface area (TPSA) is 115 Å². The van der Waals surface area contributed by atoms with Gasteiger partial charge in [0.2, 0.25) is 0 Å². The number of unbranched alkanes of at least 4 members (excludes halogenated alkanes) is 1. The highest BCUT2D eigenvalue weighted by atomic mass is 31.2. The Labute approximate surface area is 130 Å². The molecule has 0 aliphatic rings. The molecule has 0 aliphatic carbocycles. The number of terminal acetylenes is 1. The monoisotopic (exact) mass is 359 g/mol. The average Bonchev–Trinajstić information content (AvgIpc) is 2.46. The Balaban J connectivity index is 4.23. The molecule has 0 fully saturated rings. The number of rotatable bonds is 13. The Morgan fingerprint density at radius 1 is 1.00 bits per heavy atom. The van der Waals surface area contributed by atoms with Crippen molar-refractivity contribution in [3.8, 4) is 12.3 Å². The van der Waals surface area contributed by atoms with E-state index in [1.54, 1.807) is 0 Å². The molecule has 0 rings (SSSR count). The van der Waals surface area contributed by atoms with E-state index in [1.807, 2.05) is 4.90 Å². The first-order valence-electron chi connectivity index (χ1n) is 6.48. The minimum absolute atomic E-state index is 0.0429. The third kappa shape index (κ3) is 11.3. The normalized spacial score (nSPS) is 16.9. The maximum absolute atomic E-state index is 11.2. The molecule has 0 saturated heterocycles. The Morgan fingerprint density at radius 3 is 1.82 bits per heavy atom. The molecule has 0 aliphatic heterocycles. The van der Waals surface area contributed by atoms with Gasteiger partial charge in [-0.25, -0.2) is 9.13 Å². The maximum atomic E-state index is 11.2. The van der Waals surface area contributed by atoms with Crippen molar-refractivity contribution in [3.05, 3.63) is 0 Å². The predicted octanol–water partition coefficient (Wildman–Crippen LogP) is 1.23. The minimum Gasteiger partial charge on any atom is -0.303 e. The maximum Gasteiger partial charge on any atom is 0.471 e. The van der Waals surface area contributed by atoms with E-state index in [1.165, 1.54) is 0 Å². The summed E-state index contributed by atoms with van der Waals surface area (Å²) in [7, 11) is -5.88. The van der Waals surface area contributed by atoms with Gasteiger partial charge in [0.25, 0.3) is 0 Å². The highest BCUT2D eigenvalue weighted by Gasteiger charge is 2.20. The fourth-order valence-electron chi connectivity index (χ4n) is 1.42. The Morgan fingerprint density at radius 2 is 1.45 bits per heavy atom. The van der Waals surface area contributed by atoms with Gasteiger partial charge in [0, 0.05) is 33.7 Å². The molecule has 0 saturated carbocycles. The molecule has 22 heavy (non-hydrogen) atoms. The highest BCUT2D eigenvalue weighted by Crippen LogP contribution is 2.42. The molecule has 0 amide bonds. The second-order valence-corrected chi connectivity index (χ2v) is 7.24. The van der Waals surface area contributed by atoms with Gasteiger partial charge in [0.05, 0.1) is 13.2 Å². The van der Waals surface area contributed by atoms with E-state index in [0.717, 1.165) is 14.2 Å². The van der Waals surface area contributed by atoms with Crippen molar-refractivity contribution < 1.29 is 37.0 Å². The molecule has 130 valence electrons. The third-order valence-electron chi connectivity index (χ3n) is 2.58. The van der Waals surface area contributed by atoms with Gasteiger partial charge < -0.3 is 9.79 Å². The van der Waals surface area contributed by atoms with E-state index in [9.17, 15) is 9.13 Å². The number of nitrogens with zero attached hydrogens (tertiary/aromatic N) is 1. The van der Waals surface area contributed by atoms with Crippen molar-refractivity contribution in [1.82, 2.24) is 4.90 Å². The summed E-state index contributed by atoms with van der Waals surface area (Å²) in [5.41, 5.74) is 0. The lowest BCUT2D eigenvalue weighted by atomic mass is 10.3. The first-order chi connectivity index (χ1) is 10.3. The van der Waals surface area contributed by atoms with Crippen LogP contribution in [0.2, 0.25) is 0 Å². The quantitative estimate of drug-likeness (QED) is 0.285. The van der Waals surface area contributed by atoms with E-state index in [0.29, 0.717) is 32.5 Å². The van der Waals surface area contributed by atoms with Crippen LogP contribution < -0.4 is 0 Å². The number of hydrogen-bond donors (Lipinski definition) is 2. The van der Waals surface area contributed by atoms with Crippen LogP contribution in [0.25, 0.3) is 0 Å². The zero-order valence-corrected chi connectivity index (χ0v) is 14.5. The van der Waals surface area contributed by atoms with Gasteiger partial charge >= 0.3 is 15.6 Å². The molecule has 0 aromatic rings. The second-order valence-electron chi connectivity index (χ2n) is 4.12. The first kappa shape index (κ1) is 21.7. The lowest BCUT2D eigenvalue weighted by molar-refractivity contribution is 0.123. The molecule has 0 spiro atoms. The summed E-state index contributed by atoms with van der Waals surface area (Å²) in [5.74, 6) is 2.50. The molecular weight excluding hydrogens is 336 g/mol. The Hall–Kier alpha value is -0.260. The molecule has 2 atom stereocenters. The molecule has 0 aromatic heterocycles. The van der Waals surface area contributed by atoms with Crippen LogP contribution in [-0.2, 0) is 27.2 Å². The summed E-state index contributed by atoms with van der Waals surface area (Å²) in [6.45, 7) is 1.12. The lowest BCUT2D eigenvalue weighted by Crippen LogP contribution is -2.31. The molecule has 0 bridgehead atoms. The second kappa shape index (κ2) is 11.3. The van der Waals surface area contributed by atoms with Gasteiger partial charge in [-0.05, 0) is 13.0 Å². The van der Waals surface area contributed by atoms with Crippen molar-refractivity contribution >= 4 is 15.6 Å². The zero-order chi connectivity index (χ0) is 17.1. The molecule has 0 heterocycles.